The highest BCUT2D eigenvalue weighted by Crippen LogP contribution is 2.68. The molecule has 0 aromatic heterocycles. The van der Waals surface area contributed by atoms with Gasteiger partial charge in [0.25, 0.3) is 0 Å². The molecule has 4 nitrogen and oxygen atoms in total. The Kier molecular flexibility index (Phi) is 6.89. The number of aliphatic hydroxyl groups is 2. The summed E-state index contributed by atoms with van der Waals surface area (Å²) in [5.41, 5.74) is 1.93. The van der Waals surface area contributed by atoms with Gasteiger partial charge in [0.05, 0.1) is 6.10 Å². The minimum Gasteiger partial charge on any atom is -0.389 e. The largest absolute Gasteiger partial charge is 0.389 e. The SMILES string of the molecule is CC(C)N(C)c1ccc([C@H]2C[C@@]3(C)[C@@H](CC[C@@]3(O)C#CC(C)(C)C)[C@@H]3C[C@H](O)C4=CC(=O)CC[C@@H]4[C@H]32)cc1. The fourth-order valence-electron chi connectivity index (χ4n) is 8.41. The van der Waals surface area contributed by atoms with Crippen molar-refractivity contribution in [1.29, 1.82) is 0 Å². The second-order valence-corrected chi connectivity index (χ2v) is 14.3. The topological polar surface area (TPSA) is 60.8 Å². The molecule has 0 unspecified atom stereocenters. The highest BCUT2D eigenvalue weighted by Gasteiger charge is 2.65. The van der Waals surface area contributed by atoms with Gasteiger partial charge < -0.3 is 15.1 Å². The van der Waals surface area contributed by atoms with E-state index in [1.807, 2.05) is 0 Å². The van der Waals surface area contributed by atoms with E-state index in [0.29, 0.717) is 43.1 Å². The first-order valence-corrected chi connectivity index (χ1v) is 14.8. The minimum atomic E-state index is -1.03. The average molecular weight is 518 g/mol. The van der Waals surface area contributed by atoms with E-state index in [-0.39, 0.29) is 28.4 Å². The smallest absolute Gasteiger partial charge is 0.155 e. The minimum absolute atomic E-state index is 0.153. The molecule has 8 atom stereocenters. The van der Waals surface area contributed by atoms with E-state index < -0.39 is 11.7 Å². The first-order chi connectivity index (χ1) is 17.7. The number of carbonyl (C=O) groups is 1. The second kappa shape index (κ2) is 9.53. The fourth-order valence-corrected chi connectivity index (χ4v) is 8.41. The van der Waals surface area contributed by atoms with Gasteiger partial charge in [0.1, 0.15) is 5.60 Å². The molecule has 0 bridgehead atoms. The monoisotopic (exact) mass is 517 g/mol. The number of hydrogen-bond acceptors (Lipinski definition) is 4. The Hall–Kier alpha value is -2.09. The lowest BCUT2D eigenvalue weighted by Gasteiger charge is -2.59. The first kappa shape index (κ1) is 27.5. The van der Waals surface area contributed by atoms with E-state index in [1.54, 1.807) is 6.08 Å². The summed E-state index contributed by atoms with van der Waals surface area (Å²) in [4.78, 5) is 14.6. The number of anilines is 1. The molecule has 5 rings (SSSR count). The van der Waals surface area contributed by atoms with E-state index in [2.05, 4.69) is 89.6 Å². The molecule has 3 fully saturated rings. The summed E-state index contributed by atoms with van der Waals surface area (Å²) >= 11 is 0. The van der Waals surface area contributed by atoms with E-state index in [1.165, 1.54) is 11.3 Å². The van der Waals surface area contributed by atoms with Gasteiger partial charge in [0, 0.05) is 36.0 Å². The van der Waals surface area contributed by atoms with Crippen molar-refractivity contribution in [2.45, 2.75) is 104 Å². The molecule has 0 amide bonds. The Bertz CT molecular complexity index is 1160. The van der Waals surface area contributed by atoms with Crippen LogP contribution in [0, 0.1) is 46.3 Å². The van der Waals surface area contributed by atoms with Gasteiger partial charge in [0.15, 0.2) is 5.78 Å². The van der Waals surface area contributed by atoms with E-state index in [9.17, 15) is 15.0 Å². The molecular formula is C34H47NO3. The van der Waals surface area contributed by atoms with Crippen LogP contribution in [0.5, 0.6) is 0 Å². The Morgan fingerprint density at radius 1 is 1.11 bits per heavy atom. The van der Waals surface area contributed by atoms with Gasteiger partial charge in [-0.3, -0.25) is 4.79 Å². The van der Waals surface area contributed by atoms with Gasteiger partial charge in [0.2, 0.25) is 0 Å². The predicted octanol–water partition coefficient (Wildman–Crippen LogP) is 6.12. The molecule has 0 saturated heterocycles. The van der Waals surface area contributed by atoms with Crippen molar-refractivity contribution in [3.63, 3.8) is 0 Å². The highest BCUT2D eigenvalue weighted by atomic mass is 16.3. The van der Waals surface area contributed by atoms with E-state index >= 15 is 0 Å². The standard InChI is InChI=1S/C34H47NO3/c1-21(2)35(7)23-10-8-22(9-11-23)28-20-33(6)29(14-15-34(33,38)17-16-32(3,4)5)27-19-30(37)26-18-24(36)12-13-25(26)31(27)28/h8-11,18,21,25,27-31,37-38H,12-15,19-20H2,1-7H3/t25-,27-,28+,29-,30-,31+,33-,34+/m0/s1. The maximum Gasteiger partial charge on any atom is 0.155 e. The summed E-state index contributed by atoms with van der Waals surface area (Å²) in [6.07, 6.45) is 5.77. The number of hydrogen-bond donors (Lipinski definition) is 2. The zero-order chi connectivity index (χ0) is 27.6. The summed E-state index contributed by atoms with van der Waals surface area (Å²) < 4.78 is 0. The van der Waals surface area contributed by atoms with Gasteiger partial charge in [-0.05, 0) is 126 Å². The zero-order valence-electron chi connectivity index (χ0n) is 24.4. The molecule has 3 saturated carbocycles. The van der Waals surface area contributed by atoms with Crippen LogP contribution < -0.4 is 4.90 Å². The van der Waals surface area contributed by atoms with Crippen LogP contribution in [0.3, 0.4) is 0 Å². The maximum absolute atomic E-state index is 12.4. The quantitative estimate of drug-likeness (QED) is 0.475. The van der Waals surface area contributed by atoms with Crippen molar-refractivity contribution in [2.24, 2.45) is 34.5 Å². The summed E-state index contributed by atoms with van der Waals surface area (Å²) in [7, 11) is 2.13. The van der Waals surface area contributed by atoms with Crippen molar-refractivity contribution in [3.8, 4) is 11.8 Å². The number of fused-ring (bicyclic) bond motifs is 5. The van der Waals surface area contributed by atoms with Crippen LogP contribution in [0.15, 0.2) is 35.9 Å². The third-order valence-electron chi connectivity index (χ3n) is 10.6. The predicted molar refractivity (Wildman–Crippen MR) is 154 cm³/mol. The average Bonchev–Trinajstić information content (AvgIpc) is 3.12. The van der Waals surface area contributed by atoms with Crippen molar-refractivity contribution in [2.75, 3.05) is 11.9 Å². The van der Waals surface area contributed by atoms with Crippen LogP contribution in [0.2, 0.25) is 0 Å². The zero-order valence-corrected chi connectivity index (χ0v) is 24.4. The van der Waals surface area contributed by atoms with Crippen LogP contribution in [0.4, 0.5) is 5.69 Å². The summed E-state index contributed by atoms with van der Waals surface area (Å²) in [6.45, 7) is 13.0. The molecule has 0 spiro atoms. The maximum atomic E-state index is 12.4. The van der Waals surface area contributed by atoms with Crippen LogP contribution >= 0.6 is 0 Å². The van der Waals surface area contributed by atoms with Crippen molar-refractivity contribution in [3.05, 3.63) is 41.5 Å². The van der Waals surface area contributed by atoms with Crippen LogP contribution in [-0.2, 0) is 4.79 Å². The Morgan fingerprint density at radius 3 is 2.42 bits per heavy atom. The molecule has 0 radical (unpaired) electrons. The van der Waals surface area contributed by atoms with Crippen molar-refractivity contribution in [1.82, 2.24) is 0 Å². The molecule has 0 heterocycles. The van der Waals surface area contributed by atoms with Gasteiger partial charge >= 0.3 is 0 Å². The Balaban J connectivity index is 1.60. The summed E-state index contributed by atoms with van der Waals surface area (Å²) in [6, 6.07) is 9.46. The molecule has 38 heavy (non-hydrogen) atoms. The van der Waals surface area contributed by atoms with Crippen LogP contribution in [0.25, 0.3) is 0 Å². The molecule has 0 aliphatic heterocycles. The lowest BCUT2D eigenvalue weighted by molar-refractivity contribution is -0.119. The molecule has 2 N–H and O–H groups in total. The van der Waals surface area contributed by atoms with Crippen LogP contribution in [-0.4, -0.2) is 40.8 Å². The van der Waals surface area contributed by atoms with Gasteiger partial charge in [-0.15, -0.1) is 0 Å². The molecule has 4 heteroatoms. The second-order valence-electron chi connectivity index (χ2n) is 14.3. The lowest BCUT2D eigenvalue weighted by Crippen LogP contribution is -2.56. The molecule has 4 aliphatic rings. The third-order valence-corrected chi connectivity index (χ3v) is 10.6. The summed E-state index contributed by atoms with van der Waals surface area (Å²) in [5, 5.41) is 23.5. The van der Waals surface area contributed by atoms with Gasteiger partial charge in [-0.2, -0.15) is 0 Å². The van der Waals surface area contributed by atoms with Crippen molar-refractivity contribution < 1.29 is 15.0 Å². The summed E-state index contributed by atoms with van der Waals surface area (Å²) in [5.74, 6) is 8.37. The van der Waals surface area contributed by atoms with Gasteiger partial charge in [-0.1, -0.05) is 30.9 Å². The molecule has 1 aromatic rings. The lowest BCUT2D eigenvalue weighted by atomic mass is 9.46. The number of carbonyl (C=O) groups excluding carboxylic acids is 1. The third kappa shape index (κ3) is 4.54. The highest BCUT2D eigenvalue weighted by molar-refractivity contribution is 5.91. The molecular weight excluding hydrogens is 470 g/mol. The molecule has 206 valence electrons. The Morgan fingerprint density at radius 2 is 1.79 bits per heavy atom. The number of aliphatic hydroxyl groups excluding tert-OH is 1. The van der Waals surface area contributed by atoms with E-state index in [0.717, 1.165) is 24.8 Å². The molecule has 4 aliphatic carbocycles. The van der Waals surface area contributed by atoms with E-state index in [4.69, 9.17) is 0 Å². The first-order valence-electron chi connectivity index (χ1n) is 14.8. The molecule has 1 aromatic carbocycles. The normalized spacial score (nSPS) is 38.5. The number of rotatable bonds is 3. The van der Waals surface area contributed by atoms with Crippen molar-refractivity contribution >= 4 is 11.5 Å². The van der Waals surface area contributed by atoms with Crippen LogP contribution in [0.1, 0.15) is 91.5 Å². The number of ketones is 1. The fraction of sp³-hybridized carbons (Fsp3) is 0.676. The Labute approximate surface area is 229 Å². The number of nitrogens with zero attached hydrogens (tertiary/aromatic N) is 1. The van der Waals surface area contributed by atoms with Gasteiger partial charge in [-0.25, -0.2) is 0 Å². The number of benzene rings is 1.